The van der Waals surface area contributed by atoms with E-state index in [0.717, 1.165) is 72.9 Å². The van der Waals surface area contributed by atoms with E-state index in [4.69, 9.17) is 4.98 Å². The summed E-state index contributed by atoms with van der Waals surface area (Å²) in [4.78, 5) is 33.8. The monoisotopic (exact) mass is 422 g/mol. The van der Waals surface area contributed by atoms with E-state index in [0.29, 0.717) is 0 Å². The first-order valence-corrected chi connectivity index (χ1v) is 11.7. The van der Waals surface area contributed by atoms with Gasteiger partial charge in [0.25, 0.3) is 0 Å². The molecular formula is C25H34N4O2. The standard InChI is InChI=1S/C25H34N4O2/c1-18-10-14-28(15-11-18)23-16-19(2)21-17-20(6-7-22(21)27-23)26-24(30)8-9-25(31)29-12-4-3-5-13-29/h6-7,16-18H,3-5,8-15H2,1-2H3,(H,26,30). The van der Waals surface area contributed by atoms with Gasteiger partial charge in [-0.3, -0.25) is 9.59 Å². The molecule has 0 atom stereocenters. The fourth-order valence-corrected chi connectivity index (χ4v) is 4.60. The molecule has 1 aromatic carbocycles. The van der Waals surface area contributed by atoms with Crippen molar-refractivity contribution in [3.05, 3.63) is 29.8 Å². The van der Waals surface area contributed by atoms with Gasteiger partial charge in [-0.05, 0) is 74.8 Å². The van der Waals surface area contributed by atoms with Crippen LogP contribution in [0.25, 0.3) is 10.9 Å². The molecule has 2 saturated heterocycles. The maximum atomic E-state index is 12.4. The molecule has 1 aromatic heterocycles. The molecule has 4 rings (SSSR count). The molecule has 0 saturated carbocycles. The Bertz CT molecular complexity index is 944. The Hall–Kier alpha value is -2.63. The van der Waals surface area contributed by atoms with Crippen LogP contribution >= 0.6 is 0 Å². The number of pyridine rings is 1. The van der Waals surface area contributed by atoms with E-state index in [1.807, 2.05) is 23.1 Å². The normalized spacial score (nSPS) is 17.7. The van der Waals surface area contributed by atoms with Crippen LogP contribution in [0.4, 0.5) is 11.5 Å². The lowest BCUT2D eigenvalue weighted by atomic mass is 9.99. The highest BCUT2D eigenvalue weighted by Gasteiger charge is 2.19. The van der Waals surface area contributed by atoms with Crippen molar-refractivity contribution < 1.29 is 9.59 Å². The summed E-state index contributed by atoms with van der Waals surface area (Å²) < 4.78 is 0. The third kappa shape index (κ3) is 5.35. The van der Waals surface area contributed by atoms with Crippen LogP contribution in [0.2, 0.25) is 0 Å². The summed E-state index contributed by atoms with van der Waals surface area (Å²) in [7, 11) is 0. The smallest absolute Gasteiger partial charge is 0.224 e. The molecule has 166 valence electrons. The highest BCUT2D eigenvalue weighted by molar-refractivity contribution is 5.96. The fourth-order valence-electron chi connectivity index (χ4n) is 4.60. The van der Waals surface area contributed by atoms with Crippen molar-refractivity contribution in [1.29, 1.82) is 0 Å². The third-order valence-corrected chi connectivity index (χ3v) is 6.67. The van der Waals surface area contributed by atoms with Gasteiger partial charge in [0.15, 0.2) is 0 Å². The van der Waals surface area contributed by atoms with E-state index >= 15 is 0 Å². The number of fused-ring (bicyclic) bond motifs is 1. The molecule has 6 heteroatoms. The number of carbonyl (C=O) groups excluding carboxylic acids is 2. The Morgan fingerprint density at radius 3 is 2.52 bits per heavy atom. The molecule has 3 heterocycles. The van der Waals surface area contributed by atoms with Crippen molar-refractivity contribution in [3.63, 3.8) is 0 Å². The molecule has 0 spiro atoms. The number of nitrogens with one attached hydrogen (secondary N) is 1. The van der Waals surface area contributed by atoms with Gasteiger partial charge in [-0.1, -0.05) is 6.92 Å². The van der Waals surface area contributed by atoms with Gasteiger partial charge in [-0.2, -0.15) is 0 Å². The number of hydrogen-bond donors (Lipinski definition) is 1. The van der Waals surface area contributed by atoms with Crippen LogP contribution in [0.5, 0.6) is 0 Å². The zero-order valence-electron chi connectivity index (χ0n) is 18.8. The minimum Gasteiger partial charge on any atom is -0.357 e. The second-order valence-corrected chi connectivity index (χ2v) is 9.19. The summed E-state index contributed by atoms with van der Waals surface area (Å²) in [5, 5.41) is 4.01. The lowest BCUT2D eigenvalue weighted by Crippen LogP contribution is -2.35. The van der Waals surface area contributed by atoms with Crippen molar-refractivity contribution in [2.75, 3.05) is 36.4 Å². The van der Waals surface area contributed by atoms with E-state index < -0.39 is 0 Å². The van der Waals surface area contributed by atoms with Crippen molar-refractivity contribution >= 4 is 34.2 Å². The maximum absolute atomic E-state index is 12.4. The number of amides is 2. The highest BCUT2D eigenvalue weighted by atomic mass is 16.2. The molecule has 2 aliphatic heterocycles. The number of aryl methyl sites for hydroxylation is 1. The molecule has 0 radical (unpaired) electrons. The Morgan fingerprint density at radius 2 is 1.77 bits per heavy atom. The van der Waals surface area contributed by atoms with Gasteiger partial charge in [-0.15, -0.1) is 0 Å². The van der Waals surface area contributed by atoms with Crippen LogP contribution in [0.1, 0.15) is 57.4 Å². The summed E-state index contributed by atoms with van der Waals surface area (Å²) in [5.74, 6) is 1.81. The fraction of sp³-hybridized carbons (Fsp3) is 0.560. The Labute approximate surface area is 185 Å². The van der Waals surface area contributed by atoms with Gasteiger partial charge < -0.3 is 15.1 Å². The summed E-state index contributed by atoms with van der Waals surface area (Å²) in [6, 6.07) is 8.03. The first kappa shape index (κ1) is 21.6. The van der Waals surface area contributed by atoms with E-state index in [-0.39, 0.29) is 24.7 Å². The quantitative estimate of drug-likeness (QED) is 0.770. The predicted molar refractivity (Wildman–Crippen MR) is 125 cm³/mol. The van der Waals surface area contributed by atoms with Gasteiger partial charge in [0.1, 0.15) is 5.82 Å². The molecule has 1 N–H and O–H groups in total. The second-order valence-electron chi connectivity index (χ2n) is 9.19. The Balaban J connectivity index is 1.38. The molecule has 0 bridgehead atoms. The van der Waals surface area contributed by atoms with E-state index in [1.165, 1.54) is 19.3 Å². The topological polar surface area (TPSA) is 65.5 Å². The van der Waals surface area contributed by atoms with Crippen molar-refractivity contribution in [3.8, 4) is 0 Å². The van der Waals surface area contributed by atoms with Crippen LogP contribution in [0, 0.1) is 12.8 Å². The first-order chi connectivity index (χ1) is 15.0. The zero-order valence-corrected chi connectivity index (χ0v) is 18.8. The first-order valence-electron chi connectivity index (χ1n) is 11.7. The molecule has 0 unspecified atom stereocenters. The SMILES string of the molecule is Cc1cc(N2CCC(C)CC2)nc2ccc(NC(=O)CCC(=O)N3CCCCC3)cc12. The Kier molecular flexibility index (Phi) is 6.73. The molecule has 2 amide bonds. The Morgan fingerprint density at radius 1 is 1.03 bits per heavy atom. The number of likely N-dealkylation sites (tertiary alicyclic amines) is 1. The van der Waals surface area contributed by atoms with Crippen LogP contribution in [0.3, 0.4) is 0 Å². The van der Waals surface area contributed by atoms with Gasteiger partial charge in [0.05, 0.1) is 5.52 Å². The highest BCUT2D eigenvalue weighted by Crippen LogP contribution is 2.28. The number of hydrogen-bond acceptors (Lipinski definition) is 4. The predicted octanol–water partition coefficient (Wildman–Crippen LogP) is 4.51. The second kappa shape index (κ2) is 9.67. The van der Waals surface area contributed by atoms with E-state index in [1.54, 1.807) is 0 Å². The molecule has 2 aromatic rings. The van der Waals surface area contributed by atoms with Gasteiger partial charge in [0, 0.05) is 50.1 Å². The molecule has 2 fully saturated rings. The number of benzene rings is 1. The average molecular weight is 423 g/mol. The minimum atomic E-state index is -0.116. The van der Waals surface area contributed by atoms with E-state index in [2.05, 4.69) is 30.1 Å². The molecule has 0 aliphatic carbocycles. The summed E-state index contributed by atoms with van der Waals surface area (Å²) in [5.41, 5.74) is 2.87. The average Bonchev–Trinajstić information content (AvgIpc) is 2.79. The number of aromatic nitrogens is 1. The molecule has 6 nitrogen and oxygen atoms in total. The number of nitrogens with zero attached hydrogens (tertiary/aromatic N) is 3. The lowest BCUT2D eigenvalue weighted by molar-refractivity contribution is -0.133. The summed E-state index contributed by atoms with van der Waals surface area (Å²) >= 11 is 0. The van der Waals surface area contributed by atoms with Crippen molar-refractivity contribution in [2.45, 2.75) is 58.8 Å². The third-order valence-electron chi connectivity index (χ3n) is 6.67. The number of piperidine rings is 2. The van der Waals surface area contributed by atoms with Crippen LogP contribution in [-0.2, 0) is 9.59 Å². The molecular weight excluding hydrogens is 388 g/mol. The van der Waals surface area contributed by atoms with Gasteiger partial charge >= 0.3 is 0 Å². The number of rotatable bonds is 5. The largest absolute Gasteiger partial charge is 0.357 e. The van der Waals surface area contributed by atoms with Crippen molar-refractivity contribution in [2.24, 2.45) is 5.92 Å². The van der Waals surface area contributed by atoms with Crippen LogP contribution in [0.15, 0.2) is 24.3 Å². The summed E-state index contributed by atoms with van der Waals surface area (Å²) in [6.07, 6.45) is 6.25. The number of anilines is 2. The lowest BCUT2D eigenvalue weighted by Gasteiger charge is -2.31. The molecule has 2 aliphatic rings. The van der Waals surface area contributed by atoms with Gasteiger partial charge in [-0.25, -0.2) is 4.98 Å². The summed E-state index contributed by atoms with van der Waals surface area (Å²) in [6.45, 7) is 8.19. The van der Waals surface area contributed by atoms with Gasteiger partial charge in [0.2, 0.25) is 11.8 Å². The maximum Gasteiger partial charge on any atom is 0.224 e. The van der Waals surface area contributed by atoms with Crippen LogP contribution < -0.4 is 10.2 Å². The van der Waals surface area contributed by atoms with E-state index in [9.17, 15) is 9.59 Å². The van der Waals surface area contributed by atoms with Crippen LogP contribution in [-0.4, -0.2) is 47.9 Å². The number of carbonyl (C=O) groups is 2. The molecule has 31 heavy (non-hydrogen) atoms. The minimum absolute atomic E-state index is 0.0908. The zero-order chi connectivity index (χ0) is 21.8. The van der Waals surface area contributed by atoms with Crippen molar-refractivity contribution in [1.82, 2.24) is 9.88 Å².